The number of hydrogen-bond donors (Lipinski definition) is 2. The summed E-state index contributed by atoms with van der Waals surface area (Å²) in [6.45, 7) is 3.79. The van der Waals surface area contributed by atoms with Crippen LogP contribution in [0.3, 0.4) is 0 Å². The molecule has 5 rings (SSSR count). The van der Waals surface area contributed by atoms with Crippen LogP contribution in [-0.4, -0.2) is 69.2 Å². The molecule has 0 saturated carbocycles. The molecule has 0 atom stereocenters. The topological polar surface area (TPSA) is 120 Å². The molecule has 3 aromatic rings. The van der Waals surface area contributed by atoms with Gasteiger partial charge in [-0.25, -0.2) is 14.6 Å². The molecule has 1 saturated heterocycles. The van der Waals surface area contributed by atoms with Gasteiger partial charge in [0.1, 0.15) is 5.49 Å². The minimum absolute atomic E-state index is 0.160. The predicted molar refractivity (Wildman–Crippen MR) is 152 cm³/mol. The van der Waals surface area contributed by atoms with Crippen molar-refractivity contribution in [2.45, 2.75) is 45.1 Å². The normalized spacial score (nSPS) is 14.6. The zero-order valence-electron chi connectivity index (χ0n) is 22.8. The number of nitrogens with one attached hydrogen (secondary N) is 2. The van der Waals surface area contributed by atoms with Gasteiger partial charge in [0.2, 0.25) is 17.8 Å². The first-order valence-corrected chi connectivity index (χ1v) is 14.1. The van der Waals surface area contributed by atoms with Crippen molar-refractivity contribution in [3.63, 3.8) is 0 Å². The van der Waals surface area contributed by atoms with Crippen LogP contribution in [0.1, 0.15) is 36.8 Å². The Morgan fingerprint density at radius 3 is 2.55 bits per heavy atom. The molecule has 0 unspecified atom stereocenters. The highest BCUT2D eigenvalue weighted by Gasteiger charge is 2.22. The zero-order valence-corrected chi connectivity index (χ0v) is 22.8. The highest BCUT2D eigenvalue weighted by molar-refractivity contribution is 5.87. The molecule has 1 aromatic carbocycles. The summed E-state index contributed by atoms with van der Waals surface area (Å²) in [5.41, 5.74) is 4.78. The van der Waals surface area contributed by atoms with E-state index in [0.717, 1.165) is 62.0 Å². The van der Waals surface area contributed by atoms with Crippen LogP contribution in [0.5, 0.6) is 0 Å². The van der Waals surface area contributed by atoms with Crippen molar-refractivity contribution in [2.75, 3.05) is 37.6 Å². The smallest absolute Gasteiger partial charge is 0.243 e. The third-order valence-corrected chi connectivity index (χ3v) is 7.43. The Bertz CT molecular complexity index is 1410. The van der Waals surface area contributed by atoms with Gasteiger partial charge in [-0.15, -0.1) is 0 Å². The molecule has 0 spiro atoms. The van der Waals surface area contributed by atoms with Crippen molar-refractivity contribution in [2.24, 2.45) is 0 Å². The van der Waals surface area contributed by atoms with E-state index in [4.69, 9.17) is 10.5 Å². The number of allylic oxidation sites excluding steroid dienone is 1. The molecule has 2 amide bonds. The van der Waals surface area contributed by atoms with Crippen LogP contribution in [0.25, 0.3) is 11.3 Å². The van der Waals surface area contributed by atoms with E-state index in [0.29, 0.717) is 44.0 Å². The van der Waals surface area contributed by atoms with Crippen molar-refractivity contribution in [3.8, 4) is 11.3 Å². The Hall–Kier alpha value is -4.34. The Morgan fingerprint density at radius 2 is 1.73 bits per heavy atom. The Balaban J connectivity index is 0.978. The molecule has 1 fully saturated rings. The largest absolute Gasteiger partial charge is 0.353 e. The van der Waals surface area contributed by atoms with E-state index in [1.165, 1.54) is 11.6 Å². The highest BCUT2D eigenvalue weighted by atomic mass is 16.2. The molecule has 208 valence electrons. The van der Waals surface area contributed by atoms with Gasteiger partial charge in [0.05, 0.1) is 12.2 Å². The van der Waals surface area contributed by atoms with Crippen LogP contribution in [0.2, 0.25) is 0 Å². The molecule has 0 radical (unpaired) electrons. The van der Waals surface area contributed by atoms with Gasteiger partial charge in [-0.05, 0) is 48.9 Å². The summed E-state index contributed by atoms with van der Waals surface area (Å²) < 4.78 is 1.62. The van der Waals surface area contributed by atoms with E-state index in [2.05, 4.69) is 32.3 Å². The number of amides is 2. The molecule has 10 nitrogen and oxygen atoms in total. The number of benzene rings is 1. The van der Waals surface area contributed by atoms with Crippen LogP contribution < -0.4 is 15.7 Å². The first kappa shape index (κ1) is 27.2. The number of carbonyl (C=O) groups excluding carboxylic acids is 2. The van der Waals surface area contributed by atoms with Gasteiger partial charge in [-0.1, -0.05) is 36.8 Å². The molecular weight excluding hydrogens is 504 g/mol. The predicted octanol–water partition coefficient (Wildman–Crippen LogP) is 2.50. The second-order valence-electron chi connectivity index (χ2n) is 10.2. The molecule has 3 heterocycles. The Labute approximate surface area is 234 Å². The molecule has 10 heteroatoms. The Morgan fingerprint density at radius 1 is 0.950 bits per heavy atom. The van der Waals surface area contributed by atoms with E-state index in [1.807, 2.05) is 23.1 Å². The summed E-state index contributed by atoms with van der Waals surface area (Å²) in [5, 5.41) is 16.0. The number of unbranched alkanes of at least 4 members (excludes halogenated alkanes) is 2. The monoisotopic (exact) mass is 540 g/mol. The molecule has 2 aliphatic rings. The zero-order chi connectivity index (χ0) is 27.7. The molecular formula is C30H36N8O2. The maximum absolute atomic E-state index is 12.6. The maximum Gasteiger partial charge on any atom is 0.243 e. The number of nitrogens with zero attached hydrogens (tertiary/aromatic N) is 6. The third kappa shape index (κ3) is 6.80. The third-order valence-electron chi connectivity index (χ3n) is 7.43. The fraction of sp³-hybridized carbons (Fsp3) is 0.400. The number of fused-ring (bicyclic) bond motifs is 3. The average molecular weight is 541 g/mol. The van der Waals surface area contributed by atoms with Crippen LogP contribution in [-0.2, 0) is 29.0 Å². The van der Waals surface area contributed by atoms with E-state index < -0.39 is 0 Å². The van der Waals surface area contributed by atoms with Crippen molar-refractivity contribution >= 4 is 17.8 Å². The molecule has 0 bridgehead atoms. The minimum Gasteiger partial charge on any atom is -0.353 e. The van der Waals surface area contributed by atoms with E-state index in [-0.39, 0.29) is 11.8 Å². The number of carbonyl (C=O) groups is 2. The number of rotatable bonds is 10. The van der Waals surface area contributed by atoms with Crippen LogP contribution in [0, 0.1) is 5.41 Å². The lowest BCUT2D eigenvalue weighted by molar-refractivity contribution is -0.131. The van der Waals surface area contributed by atoms with Crippen molar-refractivity contribution in [1.29, 1.82) is 5.41 Å². The fourth-order valence-electron chi connectivity index (χ4n) is 5.22. The summed E-state index contributed by atoms with van der Waals surface area (Å²) >= 11 is 0. The van der Waals surface area contributed by atoms with E-state index in [9.17, 15) is 9.59 Å². The van der Waals surface area contributed by atoms with Crippen molar-refractivity contribution in [1.82, 2.24) is 30.0 Å². The lowest BCUT2D eigenvalue weighted by Gasteiger charge is -2.34. The first-order chi connectivity index (χ1) is 19.6. The lowest BCUT2D eigenvalue weighted by Crippen LogP contribution is -2.49. The van der Waals surface area contributed by atoms with Gasteiger partial charge in [-0.3, -0.25) is 15.0 Å². The molecule has 40 heavy (non-hydrogen) atoms. The van der Waals surface area contributed by atoms with E-state index >= 15 is 0 Å². The van der Waals surface area contributed by atoms with Gasteiger partial charge in [0.15, 0.2) is 0 Å². The number of hydrogen-bond acceptors (Lipinski definition) is 7. The van der Waals surface area contributed by atoms with Gasteiger partial charge in [-0.2, -0.15) is 5.10 Å². The van der Waals surface area contributed by atoms with Gasteiger partial charge in [0.25, 0.3) is 0 Å². The second kappa shape index (κ2) is 13.1. The van der Waals surface area contributed by atoms with Crippen LogP contribution >= 0.6 is 0 Å². The minimum atomic E-state index is -0.160. The van der Waals surface area contributed by atoms with Crippen LogP contribution in [0.15, 0.2) is 60.9 Å². The lowest BCUT2D eigenvalue weighted by atomic mass is 9.89. The van der Waals surface area contributed by atoms with Crippen molar-refractivity contribution in [3.05, 3.63) is 77.6 Å². The van der Waals surface area contributed by atoms with E-state index in [1.54, 1.807) is 29.2 Å². The fourth-order valence-corrected chi connectivity index (χ4v) is 5.22. The summed E-state index contributed by atoms with van der Waals surface area (Å²) in [6.07, 6.45) is 11.6. The first-order valence-electron chi connectivity index (χ1n) is 14.1. The number of piperazine rings is 1. The number of anilines is 1. The molecule has 2 N–H and O–H groups in total. The molecule has 1 aliphatic heterocycles. The van der Waals surface area contributed by atoms with Crippen LogP contribution in [0.4, 0.5) is 5.95 Å². The average Bonchev–Trinajstić information content (AvgIpc) is 2.99. The summed E-state index contributed by atoms with van der Waals surface area (Å²) in [7, 11) is 0. The number of aryl methyl sites for hydroxylation is 2. The quantitative estimate of drug-likeness (QED) is 0.301. The standard InChI is InChI=1S/C30H36N8O2/c31-26-22-24-13-12-23-8-3-4-9-25(23)29(24)35-38(26)17-6-10-27(39)32-14-5-1-2-11-28(40)36-18-20-37(21-19-36)30-33-15-7-16-34-30/h3-4,6-10,15-16,22,31H,1-2,5,11-14,17-21H2,(H,32,39)/b10-6+,31-26?. The van der Waals surface area contributed by atoms with Crippen molar-refractivity contribution < 1.29 is 9.59 Å². The highest BCUT2D eigenvalue weighted by Crippen LogP contribution is 2.30. The van der Waals surface area contributed by atoms with Gasteiger partial charge in [0, 0.05) is 63.2 Å². The SMILES string of the molecule is N=c1cc2c(nn1C/C=C/C(=O)NCCCCCC(=O)N1CCN(c3ncccn3)CC1)-c1ccccc1CC2. The number of aromatic nitrogens is 4. The van der Waals surface area contributed by atoms with Gasteiger partial charge >= 0.3 is 0 Å². The maximum atomic E-state index is 12.6. The Kier molecular flexibility index (Phi) is 8.95. The molecule has 1 aliphatic carbocycles. The summed E-state index contributed by atoms with van der Waals surface area (Å²) in [5.74, 6) is 0.741. The summed E-state index contributed by atoms with van der Waals surface area (Å²) in [6, 6.07) is 12.0. The second-order valence-corrected chi connectivity index (χ2v) is 10.2. The molecule has 2 aromatic heterocycles. The summed E-state index contributed by atoms with van der Waals surface area (Å²) in [4.78, 5) is 37.4. The van der Waals surface area contributed by atoms with Gasteiger partial charge < -0.3 is 15.1 Å².